The molecule has 6 aromatic rings. The summed E-state index contributed by atoms with van der Waals surface area (Å²) < 4.78 is 2.05. The van der Waals surface area contributed by atoms with E-state index in [1.807, 2.05) is 99.8 Å². The fraction of sp³-hybridized carbons (Fsp3) is 0.143. The van der Waals surface area contributed by atoms with E-state index in [-0.39, 0.29) is 5.91 Å². The molecule has 220 valence electrons. The summed E-state index contributed by atoms with van der Waals surface area (Å²) in [6, 6.07) is 36.1. The smallest absolute Gasteiger partial charge is 0.273 e. The monoisotopic (exact) mass is 635 g/mol. The van der Waals surface area contributed by atoms with Crippen molar-refractivity contribution >= 4 is 40.6 Å². The Kier molecular flexibility index (Phi) is 9.51. The molecule has 0 bridgehead atoms. The standard InChI is InChI=1S/C35H30ClN5OS2/c1-25-12-8-11-19-31(25)41-33(28-17-9-10-18-29(28)36)38-39-35(41)44-24-32-37-30(23-43-32)34(42)40(22-27-15-6-3-7-16-27)21-20-26-13-4-2-5-14-26/h2-19,23H,20-22,24H2,1H3. The van der Waals surface area contributed by atoms with Crippen molar-refractivity contribution < 1.29 is 4.79 Å². The van der Waals surface area contributed by atoms with E-state index in [1.54, 1.807) is 0 Å². The van der Waals surface area contributed by atoms with Crippen molar-refractivity contribution in [2.24, 2.45) is 0 Å². The summed E-state index contributed by atoms with van der Waals surface area (Å²) in [5, 5.41) is 13.2. The number of halogens is 1. The molecule has 0 atom stereocenters. The highest BCUT2D eigenvalue weighted by molar-refractivity contribution is 7.98. The fourth-order valence-corrected chi connectivity index (χ4v) is 6.89. The Balaban J connectivity index is 1.22. The van der Waals surface area contributed by atoms with E-state index < -0.39 is 0 Å². The zero-order chi connectivity index (χ0) is 30.3. The predicted molar refractivity (Wildman–Crippen MR) is 180 cm³/mol. The van der Waals surface area contributed by atoms with Crippen LogP contribution in [0.5, 0.6) is 0 Å². The van der Waals surface area contributed by atoms with Crippen LogP contribution in [-0.2, 0) is 18.7 Å². The number of para-hydroxylation sites is 1. The summed E-state index contributed by atoms with van der Waals surface area (Å²) in [4.78, 5) is 20.4. The first kappa shape index (κ1) is 29.8. The number of carbonyl (C=O) groups is 1. The Morgan fingerprint density at radius 2 is 1.55 bits per heavy atom. The Bertz CT molecular complexity index is 1860. The van der Waals surface area contributed by atoms with E-state index in [0.717, 1.165) is 39.0 Å². The second-order valence-corrected chi connectivity index (χ2v) is 12.6. The number of rotatable bonds is 11. The van der Waals surface area contributed by atoms with Crippen molar-refractivity contribution in [2.45, 2.75) is 30.8 Å². The molecule has 0 aliphatic heterocycles. The second kappa shape index (κ2) is 14.0. The van der Waals surface area contributed by atoms with Crippen LogP contribution >= 0.6 is 34.7 Å². The largest absolute Gasteiger partial charge is 0.333 e. The summed E-state index contributed by atoms with van der Waals surface area (Å²) in [6.07, 6.45) is 0.772. The number of aromatic nitrogens is 4. The molecule has 0 aliphatic rings. The molecule has 6 rings (SSSR count). The molecule has 0 fully saturated rings. The lowest BCUT2D eigenvalue weighted by Crippen LogP contribution is -2.32. The van der Waals surface area contributed by atoms with E-state index in [4.69, 9.17) is 16.6 Å². The number of nitrogens with zero attached hydrogens (tertiary/aromatic N) is 5. The zero-order valence-electron chi connectivity index (χ0n) is 24.1. The van der Waals surface area contributed by atoms with Crippen molar-refractivity contribution in [2.75, 3.05) is 6.54 Å². The molecule has 4 aromatic carbocycles. The van der Waals surface area contributed by atoms with Crippen LogP contribution in [0, 0.1) is 6.92 Å². The number of amides is 1. The van der Waals surface area contributed by atoms with Gasteiger partial charge >= 0.3 is 0 Å². The number of hydrogen-bond donors (Lipinski definition) is 0. The molecule has 0 spiro atoms. The van der Waals surface area contributed by atoms with Crippen LogP contribution < -0.4 is 0 Å². The third-order valence-electron chi connectivity index (χ3n) is 7.22. The molecule has 0 saturated carbocycles. The number of aryl methyl sites for hydroxylation is 1. The Labute approximate surface area is 270 Å². The average Bonchev–Trinajstić information content (AvgIpc) is 3.71. The maximum atomic E-state index is 13.8. The number of hydrogen-bond acceptors (Lipinski definition) is 6. The molecule has 1 amide bonds. The molecule has 9 heteroatoms. The Hall–Kier alpha value is -4.24. The van der Waals surface area contributed by atoms with E-state index in [2.05, 4.69) is 41.4 Å². The van der Waals surface area contributed by atoms with Gasteiger partial charge in [0, 0.05) is 24.0 Å². The van der Waals surface area contributed by atoms with Crippen LogP contribution in [0.3, 0.4) is 0 Å². The van der Waals surface area contributed by atoms with Gasteiger partial charge in [-0.15, -0.1) is 21.5 Å². The highest BCUT2D eigenvalue weighted by atomic mass is 35.5. The van der Waals surface area contributed by atoms with Gasteiger partial charge < -0.3 is 4.90 Å². The summed E-state index contributed by atoms with van der Waals surface area (Å²) in [5.41, 5.74) is 5.64. The van der Waals surface area contributed by atoms with Crippen LogP contribution in [-0.4, -0.2) is 37.1 Å². The van der Waals surface area contributed by atoms with E-state index in [9.17, 15) is 4.79 Å². The van der Waals surface area contributed by atoms with Crippen LogP contribution in [0.1, 0.15) is 32.2 Å². The minimum Gasteiger partial charge on any atom is -0.333 e. The van der Waals surface area contributed by atoms with Gasteiger partial charge in [0.25, 0.3) is 5.91 Å². The molecular weight excluding hydrogens is 606 g/mol. The van der Waals surface area contributed by atoms with Crippen LogP contribution in [0.25, 0.3) is 17.1 Å². The van der Waals surface area contributed by atoms with Gasteiger partial charge in [0.1, 0.15) is 10.7 Å². The number of benzene rings is 4. The summed E-state index contributed by atoms with van der Waals surface area (Å²) in [7, 11) is 0. The van der Waals surface area contributed by atoms with Crippen molar-refractivity contribution in [3.8, 4) is 17.1 Å². The average molecular weight is 636 g/mol. The van der Waals surface area contributed by atoms with Gasteiger partial charge in [-0.2, -0.15) is 0 Å². The molecule has 6 nitrogen and oxygen atoms in total. The lowest BCUT2D eigenvalue weighted by Gasteiger charge is -2.22. The second-order valence-electron chi connectivity index (χ2n) is 10.3. The minimum absolute atomic E-state index is 0.0682. The molecular formula is C35H30ClN5OS2. The first-order valence-corrected chi connectivity index (χ1v) is 16.5. The summed E-state index contributed by atoms with van der Waals surface area (Å²) >= 11 is 9.60. The van der Waals surface area contributed by atoms with Gasteiger partial charge in [-0.3, -0.25) is 9.36 Å². The lowest BCUT2D eigenvalue weighted by atomic mass is 10.1. The van der Waals surface area contributed by atoms with Crippen molar-refractivity contribution in [1.82, 2.24) is 24.6 Å². The predicted octanol–water partition coefficient (Wildman–Crippen LogP) is 8.53. The van der Waals surface area contributed by atoms with Crippen molar-refractivity contribution in [3.05, 3.63) is 147 Å². The molecule has 0 aliphatic carbocycles. The molecule has 2 aromatic heterocycles. The molecule has 0 unspecified atom stereocenters. The highest BCUT2D eigenvalue weighted by Gasteiger charge is 2.22. The van der Waals surface area contributed by atoms with E-state index in [0.29, 0.717) is 35.4 Å². The molecule has 0 N–H and O–H groups in total. The van der Waals surface area contributed by atoms with Crippen molar-refractivity contribution in [1.29, 1.82) is 0 Å². The summed E-state index contributed by atoms with van der Waals surface area (Å²) in [5.74, 6) is 1.16. The van der Waals surface area contributed by atoms with Gasteiger partial charge in [-0.05, 0) is 48.2 Å². The minimum atomic E-state index is -0.0682. The zero-order valence-corrected chi connectivity index (χ0v) is 26.5. The maximum Gasteiger partial charge on any atom is 0.273 e. The van der Waals surface area contributed by atoms with Gasteiger partial charge in [-0.25, -0.2) is 4.98 Å². The molecule has 44 heavy (non-hydrogen) atoms. The van der Waals surface area contributed by atoms with Crippen LogP contribution in [0.15, 0.2) is 120 Å². The fourth-order valence-electron chi connectivity index (χ4n) is 4.94. The molecule has 2 heterocycles. The molecule has 0 saturated heterocycles. The van der Waals surface area contributed by atoms with E-state index >= 15 is 0 Å². The first-order chi connectivity index (χ1) is 21.6. The number of carbonyl (C=O) groups excluding carboxylic acids is 1. The van der Waals surface area contributed by atoms with Crippen LogP contribution in [0.2, 0.25) is 5.02 Å². The van der Waals surface area contributed by atoms with Gasteiger partial charge in [-0.1, -0.05) is 114 Å². The van der Waals surface area contributed by atoms with Gasteiger partial charge in [0.05, 0.1) is 16.5 Å². The normalized spacial score (nSPS) is 11.0. The van der Waals surface area contributed by atoms with Gasteiger partial charge in [0.2, 0.25) is 0 Å². The lowest BCUT2D eigenvalue weighted by molar-refractivity contribution is 0.0740. The quantitative estimate of drug-likeness (QED) is 0.134. The van der Waals surface area contributed by atoms with E-state index in [1.165, 1.54) is 28.7 Å². The number of thioether (sulfide) groups is 1. The topological polar surface area (TPSA) is 63.9 Å². The third kappa shape index (κ3) is 6.94. The van der Waals surface area contributed by atoms with Crippen LogP contribution in [0.4, 0.5) is 0 Å². The SMILES string of the molecule is Cc1ccccc1-n1c(SCc2nc(C(=O)N(CCc3ccccc3)Cc3ccccc3)cs2)nnc1-c1ccccc1Cl. The van der Waals surface area contributed by atoms with Crippen molar-refractivity contribution in [3.63, 3.8) is 0 Å². The van der Waals surface area contributed by atoms with Gasteiger partial charge in [0.15, 0.2) is 11.0 Å². The maximum absolute atomic E-state index is 13.8. The summed E-state index contributed by atoms with van der Waals surface area (Å²) in [6.45, 7) is 3.19. The Morgan fingerprint density at radius 1 is 0.864 bits per heavy atom. The first-order valence-electron chi connectivity index (χ1n) is 14.3. The number of thiazole rings is 1. The highest BCUT2D eigenvalue weighted by Crippen LogP contribution is 2.34. The Morgan fingerprint density at radius 3 is 2.30 bits per heavy atom. The third-order valence-corrected chi connectivity index (χ3v) is 9.52. The molecule has 0 radical (unpaired) electrons.